The fourth-order valence-electron chi connectivity index (χ4n) is 2.33. The van der Waals surface area contributed by atoms with Gasteiger partial charge in [0.1, 0.15) is 6.10 Å². The first-order chi connectivity index (χ1) is 11.5. The molecule has 1 aromatic carbocycles. The van der Waals surface area contributed by atoms with Gasteiger partial charge in [0, 0.05) is 32.1 Å². The Bertz CT molecular complexity index is 624. The standard InChI is InChI=1S/C16H24N2O5S/c1-2-22-11-4-10-17-24(20,21)14-8-6-13(7-9-14)18-16(19)15-5-3-12-23-15/h6-9,15,17H,2-5,10-12H2,1H3,(H,18,19)/t15-/m1/s1. The van der Waals surface area contributed by atoms with E-state index in [9.17, 15) is 13.2 Å². The molecule has 0 radical (unpaired) electrons. The van der Waals surface area contributed by atoms with E-state index in [0.717, 1.165) is 6.42 Å². The van der Waals surface area contributed by atoms with Crippen LogP contribution in [0.15, 0.2) is 29.2 Å². The minimum atomic E-state index is -3.55. The van der Waals surface area contributed by atoms with Crippen LogP contribution in [-0.4, -0.2) is 46.8 Å². The zero-order valence-electron chi connectivity index (χ0n) is 13.8. The van der Waals surface area contributed by atoms with Crippen molar-refractivity contribution in [2.75, 3.05) is 31.7 Å². The number of hydrogen-bond acceptors (Lipinski definition) is 5. The number of anilines is 1. The van der Waals surface area contributed by atoms with Gasteiger partial charge in [0.15, 0.2) is 0 Å². The van der Waals surface area contributed by atoms with Crippen molar-refractivity contribution in [2.45, 2.75) is 37.2 Å². The first-order valence-corrected chi connectivity index (χ1v) is 9.61. The molecule has 0 aromatic heterocycles. The van der Waals surface area contributed by atoms with Gasteiger partial charge in [0.05, 0.1) is 4.90 Å². The third-order valence-corrected chi connectivity index (χ3v) is 5.09. The van der Waals surface area contributed by atoms with Gasteiger partial charge in [0.25, 0.3) is 5.91 Å². The molecule has 1 amide bonds. The van der Waals surface area contributed by atoms with Crippen LogP contribution >= 0.6 is 0 Å². The van der Waals surface area contributed by atoms with E-state index >= 15 is 0 Å². The summed E-state index contributed by atoms with van der Waals surface area (Å²) in [4.78, 5) is 12.1. The monoisotopic (exact) mass is 356 g/mol. The van der Waals surface area contributed by atoms with Crippen LogP contribution in [-0.2, 0) is 24.3 Å². The molecule has 2 N–H and O–H groups in total. The molecule has 1 saturated heterocycles. The quantitative estimate of drug-likeness (QED) is 0.654. The molecule has 1 aliphatic rings. The van der Waals surface area contributed by atoms with Gasteiger partial charge in [-0.3, -0.25) is 4.79 Å². The normalized spacial score (nSPS) is 17.8. The second-order valence-corrected chi connectivity index (χ2v) is 7.23. The highest BCUT2D eigenvalue weighted by molar-refractivity contribution is 7.89. The number of ether oxygens (including phenoxy) is 2. The second kappa shape index (κ2) is 9.12. The summed E-state index contributed by atoms with van der Waals surface area (Å²) >= 11 is 0. The van der Waals surface area contributed by atoms with Crippen molar-refractivity contribution in [2.24, 2.45) is 0 Å². The number of rotatable bonds is 9. The van der Waals surface area contributed by atoms with Gasteiger partial charge in [0.2, 0.25) is 10.0 Å². The molecule has 0 aliphatic carbocycles. The van der Waals surface area contributed by atoms with E-state index in [1.807, 2.05) is 6.92 Å². The van der Waals surface area contributed by atoms with E-state index in [0.29, 0.717) is 44.9 Å². The van der Waals surface area contributed by atoms with E-state index in [1.54, 1.807) is 12.1 Å². The highest BCUT2D eigenvalue weighted by atomic mass is 32.2. The van der Waals surface area contributed by atoms with Crippen molar-refractivity contribution in [1.82, 2.24) is 4.72 Å². The molecule has 1 aromatic rings. The van der Waals surface area contributed by atoms with Crippen molar-refractivity contribution in [3.05, 3.63) is 24.3 Å². The molecule has 24 heavy (non-hydrogen) atoms. The molecule has 1 aliphatic heterocycles. The lowest BCUT2D eigenvalue weighted by Gasteiger charge is -2.11. The Balaban J connectivity index is 1.86. The summed E-state index contributed by atoms with van der Waals surface area (Å²) in [5.74, 6) is -0.197. The van der Waals surface area contributed by atoms with Crippen LogP contribution in [0.3, 0.4) is 0 Å². The maximum atomic E-state index is 12.1. The smallest absolute Gasteiger partial charge is 0.253 e. The van der Waals surface area contributed by atoms with E-state index < -0.39 is 16.1 Å². The summed E-state index contributed by atoms with van der Waals surface area (Å²) in [6.45, 7) is 3.95. The van der Waals surface area contributed by atoms with Gasteiger partial charge in [-0.05, 0) is 50.5 Å². The first kappa shape index (κ1) is 18.9. The van der Waals surface area contributed by atoms with Crippen LogP contribution in [0.5, 0.6) is 0 Å². The van der Waals surface area contributed by atoms with Crippen LogP contribution in [0.25, 0.3) is 0 Å². The summed E-state index contributed by atoms with van der Waals surface area (Å²) in [5, 5.41) is 2.73. The highest BCUT2D eigenvalue weighted by Crippen LogP contribution is 2.17. The van der Waals surface area contributed by atoms with Crippen LogP contribution in [0, 0.1) is 0 Å². The van der Waals surface area contributed by atoms with Crippen LogP contribution in [0.4, 0.5) is 5.69 Å². The van der Waals surface area contributed by atoms with Crippen molar-refractivity contribution in [3.63, 3.8) is 0 Å². The molecular weight excluding hydrogens is 332 g/mol. The van der Waals surface area contributed by atoms with Gasteiger partial charge < -0.3 is 14.8 Å². The lowest BCUT2D eigenvalue weighted by molar-refractivity contribution is -0.124. The summed E-state index contributed by atoms with van der Waals surface area (Å²) in [6, 6.07) is 6.08. The van der Waals surface area contributed by atoms with E-state index in [4.69, 9.17) is 9.47 Å². The number of hydrogen-bond donors (Lipinski definition) is 2. The Labute approximate surface area is 142 Å². The molecule has 0 unspecified atom stereocenters. The molecule has 8 heteroatoms. The van der Waals surface area contributed by atoms with Gasteiger partial charge in [-0.1, -0.05) is 0 Å². The Morgan fingerprint density at radius 2 is 2.08 bits per heavy atom. The topological polar surface area (TPSA) is 93.7 Å². The van der Waals surface area contributed by atoms with Gasteiger partial charge in [-0.25, -0.2) is 13.1 Å². The molecule has 134 valence electrons. The zero-order chi connectivity index (χ0) is 17.4. The second-order valence-electron chi connectivity index (χ2n) is 5.46. The zero-order valence-corrected chi connectivity index (χ0v) is 14.6. The summed E-state index contributed by atoms with van der Waals surface area (Å²) in [7, 11) is -3.55. The number of benzene rings is 1. The first-order valence-electron chi connectivity index (χ1n) is 8.13. The van der Waals surface area contributed by atoms with Gasteiger partial charge in [-0.2, -0.15) is 0 Å². The van der Waals surface area contributed by atoms with Crippen molar-refractivity contribution in [3.8, 4) is 0 Å². The minimum absolute atomic E-state index is 0.161. The van der Waals surface area contributed by atoms with E-state index in [2.05, 4.69) is 10.0 Å². The lowest BCUT2D eigenvalue weighted by Crippen LogP contribution is -2.27. The lowest BCUT2D eigenvalue weighted by atomic mass is 10.2. The predicted molar refractivity (Wildman–Crippen MR) is 90.3 cm³/mol. The Kier molecular flexibility index (Phi) is 7.16. The van der Waals surface area contributed by atoms with Crippen LogP contribution < -0.4 is 10.0 Å². The third kappa shape index (κ3) is 5.55. The predicted octanol–water partition coefficient (Wildman–Crippen LogP) is 1.51. The maximum absolute atomic E-state index is 12.1. The fraction of sp³-hybridized carbons (Fsp3) is 0.562. The molecule has 7 nitrogen and oxygen atoms in total. The molecule has 0 spiro atoms. The Morgan fingerprint density at radius 1 is 1.33 bits per heavy atom. The van der Waals surface area contributed by atoms with Crippen LogP contribution in [0.1, 0.15) is 26.2 Å². The Hall–Kier alpha value is -1.48. The average molecular weight is 356 g/mol. The van der Waals surface area contributed by atoms with Crippen molar-refractivity contribution >= 4 is 21.6 Å². The summed E-state index contributed by atoms with van der Waals surface area (Å²) in [6.07, 6.45) is 1.79. The number of nitrogens with one attached hydrogen (secondary N) is 2. The minimum Gasteiger partial charge on any atom is -0.382 e. The third-order valence-electron chi connectivity index (χ3n) is 3.62. The van der Waals surface area contributed by atoms with Gasteiger partial charge in [-0.15, -0.1) is 0 Å². The maximum Gasteiger partial charge on any atom is 0.253 e. The molecular formula is C16H24N2O5S. The average Bonchev–Trinajstić information content (AvgIpc) is 3.10. The van der Waals surface area contributed by atoms with Crippen molar-refractivity contribution < 1.29 is 22.7 Å². The number of carbonyl (C=O) groups is 1. The summed E-state index contributed by atoms with van der Waals surface area (Å²) in [5.41, 5.74) is 0.547. The fourth-order valence-corrected chi connectivity index (χ4v) is 3.41. The van der Waals surface area contributed by atoms with E-state index in [-0.39, 0.29) is 10.8 Å². The number of sulfonamides is 1. The number of amides is 1. The van der Waals surface area contributed by atoms with Crippen molar-refractivity contribution in [1.29, 1.82) is 0 Å². The molecule has 1 atom stereocenters. The Morgan fingerprint density at radius 3 is 2.71 bits per heavy atom. The molecule has 0 saturated carbocycles. The highest BCUT2D eigenvalue weighted by Gasteiger charge is 2.23. The molecule has 1 heterocycles. The number of carbonyl (C=O) groups excluding carboxylic acids is 1. The van der Waals surface area contributed by atoms with Crippen LogP contribution in [0.2, 0.25) is 0 Å². The molecule has 0 bridgehead atoms. The molecule has 2 rings (SSSR count). The largest absolute Gasteiger partial charge is 0.382 e. The summed E-state index contributed by atoms with van der Waals surface area (Å²) < 4.78 is 37.3. The van der Waals surface area contributed by atoms with Gasteiger partial charge >= 0.3 is 0 Å². The molecule has 1 fully saturated rings. The SMILES string of the molecule is CCOCCCNS(=O)(=O)c1ccc(NC(=O)[C@H]2CCCO2)cc1. The van der Waals surface area contributed by atoms with E-state index in [1.165, 1.54) is 12.1 Å².